The van der Waals surface area contributed by atoms with Crippen LogP contribution >= 0.6 is 0 Å². The van der Waals surface area contributed by atoms with E-state index in [0.29, 0.717) is 0 Å². The Morgan fingerprint density at radius 2 is 2.10 bits per heavy atom. The summed E-state index contributed by atoms with van der Waals surface area (Å²) in [4.78, 5) is 2.18. The van der Waals surface area contributed by atoms with E-state index in [-0.39, 0.29) is 0 Å². The molecule has 0 saturated carbocycles. The van der Waals surface area contributed by atoms with Crippen LogP contribution in [0.15, 0.2) is 23.5 Å². The summed E-state index contributed by atoms with van der Waals surface area (Å²) in [6.07, 6.45) is 6.77. The molecule has 0 aromatic carbocycles. The Bertz CT molecular complexity index is 177. The Kier molecular flexibility index (Phi) is 2.15. The highest BCUT2D eigenvalue weighted by atomic mass is 15.1. The summed E-state index contributed by atoms with van der Waals surface area (Å²) in [7, 11) is 2.10. The van der Waals surface area contributed by atoms with Crippen molar-refractivity contribution in [3.8, 4) is 0 Å². The Labute approximate surface area is 63.0 Å². The van der Waals surface area contributed by atoms with Crippen LogP contribution in [0.25, 0.3) is 0 Å². The van der Waals surface area contributed by atoms with Gasteiger partial charge >= 0.3 is 0 Å². The summed E-state index contributed by atoms with van der Waals surface area (Å²) >= 11 is 0. The lowest BCUT2D eigenvalue weighted by molar-refractivity contribution is 0.564. The molecule has 0 atom stereocenters. The molecule has 1 heteroatoms. The molecule has 0 bridgehead atoms. The monoisotopic (exact) mass is 137 g/mol. The lowest BCUT2D eigenvalue weighted by Crippen LogP contribution is -2.07. The lowest BCUT2D eigenvalue weighted by atomic mass is 10.1. The largest absolute Gasteiger partial charge is 0.355 e. The van der Waals surface area contributed by atoms with E-state index < -0.39 is 0 Å². The van der Waals surface area contributed by atoms with E-state index in [4.69, 9.17) is 0 Å². The highest BCUT2D eigenvalue weighted by Crippen LogP contribution is 2.17. The first-order chi connectivity index (χ1) is 4.72. The van der Waals surface area contributed by atoms with Crippen molar-refractivity contribution in [2.24, 2.45) is 0 Å². The number of allylic oxidation sites excluding steroid dienone is 3. The van der Waals surface area contributed by atoms with Gasteiger partial charge < -0.3 is 4.90 Å². The van der Waals surface area contributed by atoms with Crippen LogP contribution in [-0.4, -0.2) is 11.9 Å². The first kappa shape index (κ1) is 7.39. The maximum atomic E-state index is 2.22. The van der Waals surface area contributed by atoms with Gasteiger partial charge in [0.25, 0.3) is 0 Å². The Hall–Kier alpha value is -0.720. The number of nitrogens with zero attached hydrogens (tertiary/aromatic N) is 1. The normalized spacial score (nSPS) is 19.7. The maximum Gasteiger partial charge on any atom is 0.0129 e. The van der Waals surface area contributed by atoms with Gasteiger partial charge in [-0.3, -0.25) is 0 Å². The quantitative estimate of drug-likeness (QED) is 0.496. The van der Waals surface area contributed by atoms with Crippen molar-refractivity contribution in [1.82, 2.24) is 4.90 Å². The van der Waals surface area contributed by atoms with Gasteiger partial charge in [0.15, 0.2) is 0 Å². The summed E-state index contributed by atoms with van der Waals surface area (Å²) in [6, 6.07) is 0. The molecule has 0 aromatic rings. The number of rotatable bonds is 0. The molecule has 10 heavy (non-hydrogen) atoms. The average Bonchev–Trinajstić information content (AvgIpc) is 2.04. The molecule has 1 heterocycles. The summed E-state index contributed by atoms with van der Waals surface area (Å²) in [5.74, 6) is 0. The number of hydrogen-bond acceptors (Lipinski definition) is 1. The second-order valence-corrected chi connectivity index (χ2v) is 2.90. The van der Waals surface area contributed by atoms with Gasteiger partial charge in [-0.25, -0.2) is 0 Å². The molecule has 0 N–H and O–H groups in total. The molecule has 0 aromatic heterocycles. The summed E-state index contributed by atoms with van der Waals surface area (Å²) < 4.78 is 0. The molecule has 0 radical (unpaired) electrons. The van der Waals surface area contributed by atoms with Crippen LogP contribution in [0.5, 0.6) is 0 Å². The Morgan fingerprint density at radius 3 is 2.80 bits per heavy atom. The molecular formula is C9H15N. The molecule has 0 saturated heterocycles. The molecule has 0 spiro atoms. The van der Waals surface area contributed by atoms with E-state index in [1.54, 1.807) is 0 Å². The fraction of sp³-hybridized carbons (Fsp3) is 0.556. The van der Waals surface area contributed by atoms with Gasteiger partial charge in [0.05, 0.1) is 0 Å². The molecule has 1 rings (SSSR count). The van der Waals surface area contributed by atoms with Crippen molar-refractivity contribution in [1.29, 1.82) is 0 Å². The predicted molar refractivity (Wildman–Crippen MR) is 44.5 cm³/mol. The Balaban J connectivity index is 2.82. The smallest absolute Gasteiger partial charge is 0.0129 e. The van der Waals surface area contributed by atoms with Gasteiger partial charge in [-0.05, 0) is 32.9 Å². The van der Waals surface area contributed by atoms with Gasteiger partial charge in [-0.2, -0.15) is 0 Å². The van der Waals surface area contributed by atoms with Gasteiger partial charge in [0, 0.05) is 12.7 Å². The highest BCUT2D eigenvalue weighted by molar-refractivity contribution is 5.14. The van der Waals surface area contributed by atoms with Crippen LogP contribution in [0, 0.1) is 0 Å². The standard InChI is InChI=1S/C9H15N/c1-8-6-4-5-7-10(3)9(8)2/h5,7H,4,6H2,1-3H3. The van der Waals surface area contributed by atoms with Gasteiger partial charge in [0.1, 0.15) is 0 Å². The second kappa shape index (κ2) is 2.91. The van der Waals surface area contributed by atoms with Gasteiger partial charge in [0.2, 0.25) is 0 Å². The summed E-state index contributed by atoms with van der Waals surface area (Å²) in [6.45, 7) is 4.38. The highest BCUT2D eigenvalue weighted by Gasteiger charge is 2.02. The molecule has 1 aliphatic rings. The van der Waals surface area contributed by atoms with Crippen LogP contribution in [-0.2, 0) is 0 Å². The first-order valence-electron chi connectivity index (χ1n) is 3.77. The predicted octanol–water partition coefficient (Wildman–Crippen LogP) is 2.52. The van der Waals surface area contributed by atoms with Gasteiger partial charge in [-0.15, -0.1) is 0 Å². The van der Waals surface area contributed by atoms with E-state index >= 15 is 0 Å². The van der Waals surface area contributed by atoms with Crippen molar-refractivity contribution in [2.45, 2.75) is 26.7 Å². The molecule has 1 aliphatic heterocycles. The zero-order chi connectivity index (χ0) is 7.56. The Morgan fingerprint density at radius 1 is 1.40 bits per heavy atom. The minimum absolute atomic E-state index is 1.19. The number of hydrogen-bond donors (Lipinski definition) is 0. The average molecular weight is 137 g/mol. The topological polar surface area (TPSA) is 3.24 Å². The summed E-state index contributed by atoms with van der Waals surface area (Å²) in [5, 5.41) is 0. The van der Waals surface area contributed by atoms with Crippen LogP contribution < -0.4 is 0 Å². The molecule has 0 unspecified atom stereocenters. The third-order valence-electron chi connectivity index (χ3n) is 2.16. The van der Waals surface area contributed by atoms with Gasteiger partial charge in [-0.1, -0.05) is 11.6 Å². The molecular weight excluding hydrogens is 122 g/mol. The lowest BCUT2D eigenvalue weighted by Gasteiger charge is -2.15. The molecule has 0 aliphatic carbocycles. The third-order valence-corrected chi connectivity index (χ3v) is 2.16. The second-order valence-electron chi connectivity index (χ2n) is 2.90. The van der Waals surface area contributed by atoms with Crippen molar-refractivity contribution in [3.63, 3.8) is 0 Å². The molecule has 0 amide bonds. The van der Waals surface area contributed by atoms with E-state index in [1.807, 2.05) is 0 Å². The molecule has 1 nitrogen and oxygen atoms in total. The van der Waals surface area contributed by atoms with Crippen LogP contribution in [0.2, 0.25) is 0 Å². The SMILES string of the molecule is CC1=C(C)N(C)C=CCC1. The van der Waals surface area contributed by atoms with Crippen molar-refractivity contribution < 1.29 is 0 Å². The van der Waals surface area contributed by atoms with E-state index in [9.17, 15) is 0 Å². The summed E-state index contributed by atoms with van der Waals surface area (Å²) in [5.41, 5.74) is 2.90. The van der Waals surface area contributed by atoms with Crippen LogP contribution in [0.3, 0.4) is 0 Å². The first-order valence-corrected chi connectivity index (χ1v) is 3.77. The molecule has 0 fully saturated rings. The van der Waals surface area contributed by atoms with E-state index in [0.717, 1.165) is 0 Å². The minimum atomic E-state index is 1.19. The van der Waals surface area contributed by atoms with Crippen molar-refractivity contribution in [2.75, 3.05) is 7.05 Å². The minimum Gasteiger partial charge on any atom is -0.355 e. The zero-order valence-corrected chi connectivity index (χ0v) is 7.02. The van der Waals surface area contributed by atoms with E-state index in [2.05, 4.69) is 38.1 Å². The van der Waals surface area contributed by atoms with Crippen molar-refractivity contribution >= 4 is 0 Å². The fourth-order valence-corrected chi connectivity index (χ4v) is 1.13. The van der Waals surface area contributed by atoms with Crippen LogP contribution in [0.4, 0.5) is 0 Å². The maximum absolute atomic E-state index is 2.22. The zero-order valence-electron chi connectivity index (χ0n) is 7.02. The third kappa shape index (κ3) is 1.41. The molecule has 56 valence electrons. The van der Waals surface area contributed by atoms with Crippen LogP contribution in [0.1, 0.15) is 26.7 Å². The van der Waals surface area contributed by atoms with E-state index in [1.165, 1.54) is 24.1 Å². The fourth-order valence-electron chi connectivity index (χ4n) is 1.13. The van der Waals surface area contributed by atoms with Crippen molar-refractivity contribution in [3.05, 3.63) is 23.5 Å².